The quantitative estimate of drug-likeness (QED) is 0.0274. The lowest BCUT2D eigenvalue weighted by atomic mass is 10.1. The number of allylic oxidation sites excluding steroid dienone is 1. The summed E-state index contributed by atoms with van der Waals surface area (Å²) in [6.45, 7) is 23.5. The lowest BCUT2D eigenvalue weighted by molar-refractivity contribution is 0.0321. The molecule has 0 aliphatic carbocycles. The summed E-state index contributed by atoms with van der Waals surface area (Å²) in [5.41, 5.74) is 3.26. The molecule has 0 unspecified atom stereocenters. The van der Waals surface area contributed by atoms with Crippen LogP contribution in [0.25, 0.3) is 10.4 Å². The van der Waals surface area contributed by atoms with Crippen LogP contribution in [0.1, 0.15) is 44.9 Å². The molecule has 0 radical (unpaired) electrons. The van der Waals surface area contributed by atoms with Gasteiger partial charge in [-0.1, -0.05) is 32.9 Å². The average molecular weight is 1230 g/mol. The van der Waals surface area contributed by atoms with Crippen LogP contribution in [0.5, 0.6) is 23.0 Å². The van der Waals surface area contributed by atoms with Crippen LogP contribution in [0.15, 0.2) is 113 Å². The summed E-state index contributed by atoms with van der Waals surface area (Å²) in [6.07, 6.45) is 1.75. The first kappa shape index (κ1) is 65.9. The third-order valence-electron chi connectivity index (χ3n) is 12.9. The maximum atomic E-state index is 12.2. The Bertz CT molecular complexity index is 2650. The highest BCUT2D eigenvalue weighted by Crippen LogP contribution is 2.36. The van der Waals surface area contributed by atoms with Crippen LogP contribution < -0.4 is 14.2 Å². The normalized spacial score (nSPS) is 16.8. The Kier molecular flexibility index (Phi) is 31.4. The topological polar surface area (TPSA) is 149 Å². The Hall–Kier alpha value is -4.23. The van der Waals surface area contributed by atoms with Crippen molar-refractivity contribution in [2.45, 2.75) is 13.8 Å². The lowest BCUT2D eigenvalue weighted by Crippen LogP contribution is -2.38. The van der Waals surface area contributed by atoms with Crippen LogP contribution in [0.4, 0.5) is 0 Å². The summed E-state index contributed by atoms with van der Waals surface area (Å²) in [5, 5.41) is 8.83. The van der Waals surface area contributed by atoms with Gasteiger partial charge in [-0.05, 0) is 123 Å². The van der Waals surface area contributed by atoms with Crippen LogP contribution >= 0.6 is 68.0 Å². The van der Waals surface area contributed by atoms with Crippen molar-refractivity contribution in [3.8, 4) is 33.4 Å². The molecule has 5 fully saturated rings. The molecule has 6 heterocycles. The molecule has 1 aromatic heterocycles. The van der Waals surface area contributed by atoms with Crippen molar-refractivity contribution in [3.05, 3.63) is 134 Å². The van der Waals surface area contributed by atoms with Gasteiger partial charge in [-0.3, -0.25) is 34.0 Å². The molecule has 81 heavy (non-hydrogen) atoms. The van der Waals surface area contributed by atoms with E-state index >= 15 is 0 Å². The minimum atomic E-state index is 0.0139. The SMILES string of the molecule is CC(=O)c1ccc(O)cc1.CC(=O)c1ccc(OCCN2CCOCC2)cc1.ClCCN1CCOCC1.O=C(C=C1SCCS1)c1ccc(OCCN2CCOCC2)cc1.S=c1cc(-c2ccc(OCCN3CCOCC3)cc2)ss1. The van der Waals surface area contributed by atoms with E-state index in [4.69, 9.17) is 62.1 Å². The van der Waals surface area contributed by atoms with E-state index < -0.39 is 0 Å². The number of rotatable bonds is 19. The number of hydrogen-bond acceptors (Lipinski definition) is 20. The Labute approximate surface area is 504 Å². The molecule has 440 valence electrons. The number of aromatic hydroxyl groups is 1. The number of thioether (sulfide) groups is 2. The first-order chi connectivity index (χ1) is 39.5. The zero-order valence-electron chi connectivity index (χ0n) is 46.5. The van der Waals surface area contributed by atoms with E-state index in [2.05, 4.69) is 37.8 Å². The summed E-state index contributed by atoms with van der Waals surface area (Å²) in [7, 11) is 3.37. The second kappa shape index (κ2) is 38.6. The number of nitrogens with zero attached hydrogens (tertiary/aromatic N) is 4. The van der Waals surface area contributed by atoms with Gasteiger partial charge in [-0.2, -0.15) is 0 Å². The van der Waals surface area contributed by atoms with E-state index in [1.165, 1.54) is 29.5 Å². The first-order valence-electron chi connectivity index (χ1n) is 27.4. The van der Waals surface area contributed by atoms with Gasteiger partial charge in [0.25, 0.3) is 0 Å². The number of morpholine rings is 4. The van der Waals surface area contributed by atoms with Gasteiger partial charge < -0.3 is 38.3 Å². The number of hydrogen-bond donors (Lipinski definition) is 1. The van der Waals surface area contributed by atoms with E-state index in [1.54, 1.807) is 81.5 Å². The van der Waals surface area contributed by atoms with Crippen molar-refractivity contribution in [2.75, 3.05) is 169 Å². The fourth-order valence-corrected chi connectivity index (χ4v) is 13.1. The molecule has 5 aromatic rings. The van der Waals surface area contributed by atoms with Crippen molar-refractivity contribution in [1.29, 1.82) is 0 Å². The molecular formula is C60H77ClN4O11S5. The number of alkyl halides is 1. The van der Waals surface area contributed by atoms with Crippen molar-refractivity contribution in [3.63, 3.8) is 0 Å². The lowest BCUT2D eigenvalue weighted by Gasteiger charge is -2.26. The molecule has 5 aliphatic heterocycles. The zero-order chi connectivity index (χ0) is 57.3. The van der Waals surface area contributed by atoms with E-state index in [0.717, 1.165) is 186 Å². The number of ether oxygens (including phenoxy) is 7. The Morgan fingerprint density at radius 3 is 1.25 bits per heavy atom. The highest BCUT2D eigenvalue weighted by Gasteiger charge is 2.15. The number of carbonyl (C=O) groups is 3. The van der Waals surface area contributed by atoms with Gasteiger partial charge in [0, 0.05) is 128 Å². The molecule has 0 saturated carbocycles. The predicted molar refractivity (Wildman–Crippen MR) is 333 cm³/mol. The van der Waals surface area contributed by atoms with Gasteiger partial charge >= 0.3 is 0 Å². The second-order valence-corrected chi connectivity index (χ2v) is 24.6. The number of benzene rings is 4. The largest absolute Gasteiger partial charge is 0.508 e. The molecule has 10 rings (SSSR count). The standard InChI is InChI=1S/C17H21NO3S2.C15H17NO2S3.C14H19NO3.C8H8O2.C6H12ClNO/c19-16(13-17-22-11-12-23-17)14-1-3-15(4-2-14)21-10-7-18-5-8-20-9-6-18;19-15-11-14(20-21-15)12-1-3-13(4-2-12)18-10-7-16-5-8-17-9-6-16;1-12(16)13-2-4-14(5-3-13)18-11-8-15-6-9-17-10-7-15;1-6(9)7-2-4-8(10)5-3-7;7-1-2-8-3-5-9-6-4-8/h1-4,13H,5-12H2;1-4,11H,5-10H2;2-5H,6-11H2,1H3;2-5,10H,1H3;1-6H2. The summed E-state index contributed by atoms with van der Waals surface area (Å²) in [5.74, 6) is 5.83. The fourth-order valence-electron chi connectivity index (χ4n) is 8.18. The number of phenolic OH excluding ortho intramolecular Hbond substituents is 1. The van der Waals surface area contributed by atoms with Crippen molar-refractivity contribution >= 4 is 85.4 Å². The fraction of sp³-hybridized carbons (Fsp3) is 0.467. The Balaban J connectivity index is 0.000000170. The molecule has 0 amide bonds. The van der Waals surface area contributed by atoms with E-state index in [-0.39, 0.29) is 23.1 Å². The number of halogens is 1. The molecule has 15 nitrogen and oxygen atoms in total. The first-order valence-corrected chi connectivity index (χ1v) is 32.5. The average Bonchev–Trinajstić information content (AvgIpc) is 4.21. The van der Waals surface area contributed by atoms with Gasteiger partial charge in [-0.15, -0.1) is 35.1 Å². The second-order valence-electron chi connectivity index (χ2n) is 18.8. The van der Waals surface area contributed by atoms with Gasteiger partial charge in [0.1, 0.15) is 46.6 Å². The predicted octanol–water partition coefficient (Wildman–Crippen LogP) is 10.6. The maximum Gasteiger partial charge on any atom is 0.187 e. The molecule has 1 N–H and O–H groups in total. The minimum Gasteiger partial charge on any atom is -0.508 e. The van der Waals surface area contributed by atoms with Crippen LogP contribution in [0, 0.1) is 3.82 Å². The van der Waals surface area contributed by atoms with Crippen molar-refractivity contribution in [1.82, 2.24) is 19.6 Å². The number of ketones is 3. The van der Waals surface area contributed by atoms with E-state index in [0.29, 0.717) is 24.3 Å². The molecule has 0 bridgehead atoms. The highest BCUT2D eigenvalue weighted by molar-refractivity contribution is 8.25. The van der Waals surface area contributed by atoms with Crippen LogP contribution in [-0.2, 0) is 18.9 Å². The molecule has 5 saturated heterocycles. The zero-order valence-corrected chi connectivity index (χ0v) is 51.4. The van der Waals surface area contributed by atoms with E-state index in [9.17, 15) is 14.4 Å². The van der Waals surface area contributed by atoms with Crippen LogP contribution in [-0.4, -0.2) is 211 Å². The van der Waals surface area contributed by atoms with Crippen molar-refractivity contribution in [2.24, 2.45) is 0 Å². The maximum absolute atomic E-state index is 12.2. The summed E-state index contributed by atoms with van der Waals surface area (Å²) in [4.78, 5) is 44.5. The molecule has 5 aliphatic rings. The number of carbonyl (C=O) groups excluding carboxylic acids is 3. The van der Waals surface area contributed by atoms with Gasteiger partial charge in [-0.25, -0.2) is 0 Å². The van der Waals surface area contributed by atoms with Crippen LogP contribution in [0.3, 0.4) is 0 Å². The third kappa shape index (κ3) is 26.5. The Morgan fingerprint density at radius 1 is 0.531 bits per heavy atom. The third-order valence-corrected chi connectivity index (χ3v) is 18.6. The van der Waals surface area contributed by atoms with Gasteiger partial charge in [0.05, 0.1) is 52.9 Å². The molecule has 0 spiro atoms. The van der Waals surface area contributed by atoms with Crippen LogP contribution in [0.2, 0.25) is 0 Å². The van der Waals surface area contributed by atoms with E-state index in [1.807, 2.05) is 48.5 Å². The molecular weight excluding hydrogens is 1150 g/mol. The molecule has 4 aromatic carbocycles. The Morgan fingerprint density at radius 2 is 0.889 bits per heavy atom. The minimum absolute atomic E-state index is 0.0139. The molecule has 0 atom stereocenters. The van der Waals surface area contributed by atoms with Crippen molar-refractivity contribution < 1.29 is 52.6 Å². The van der Waals surface area contributed by atoms with Gasteiger partial charge in [0.2, 0.25) is 0 Å². The van der Waals surface area contributed by atoms with Gasteiger partial charge in [0.15, 0.2) is 17.3 Å². The summed E-state index contributed by atoms with van der Waals surface area (Å²) < 4.78 is 40.4. The highest BCUT2D eigenvalue weighted by atomic mass is 35.5. The smallest absolute Gasteiger partial charge is 0.187 e. The number of phenols is 1. The molecule has 21 heteroatoms. The number of Topliss-reactive ketones (excluding diaryl/α,β-unsaturated/α-hetero) is 2. The monoisotopic (exact) mass is 1220 g/mol. The summed E-state index contributed by atoms with van der Waals surface area (Å²) in [6, 6.07) is 31.2. The summed E-state index contributed by atoms with van der Waals surface area (Å²) >= 11 is 14.2.